The van der Waals surface area contributed by atoms with Crippen molar-refractivity contribution in [2.75, 3.05) is 0 Å². The summed E-state index contributed by atoms with van der Waals surface area (Å²) in [6.07, 6.45) is 3.10. The van der Waals surface area contributed by atoms with Gasteiger partial charge >= 0.3 is 0 Å². The molecule has 1 N–H and O–H groups in total. The second-order valence-corrected chi connectivity index (χ2v) is 7.73. The second kappa shape index (κ2) is 9.60. The first-order chi connectivity index (χ1) is 15.9. The van der Waals surface area contributed by atoms with Crippen LogP contribution in [0.2, 0.25) is 0 Å². The van der Waals surface area contributed by atoms with Crippen LogP contribution in [0.4, 0.5) is 8.78 Å². The van der Waals surface area contributed by atoms with Crippen LogP contribution in [0.1, 0.15) is 41.4 Å². The summed E-state index contributed by atoms with van der Waals surface area (Å²) in [6, 6.07) is 15.2. The van der Waals surface area contributed by atoms with E-state index < -0.39 is 5.82 Å². The summed E-state index contributed by atoms with van der Waals surface area (Å²) in [5.74, 6) is -0.320. The molecule has 0 aliphatic heterocycles. The maximum atomic E-state index is 13.3. The largest absolute Gasteiger partial charge is 0.439 e. The van der Waals surface area contributed by atoms with E-state index in [2.05, 4.69) is 15.4 Å². The van der Waals surface area contributed by atoms with Gasteiger partial charge in [0.2, 0.25) is 5.88 Å². The van der Waals surface area contributed by atoms with E-state index in [0.29, 0.717) is 22.9 Å². The molecule has 2 heterocycles. The van der Waals surface area contributed by atoms with Crippen LogP contribution in [0.25, 0.3) is 5.69 Å². The molecular weight excluding hydrogens is 426 g/mol. The van der Waals surface area contributed by atoms with E-state index in [1.807, 2.05) is 13.8 Å². The van der Waals surface area contributed by atoms with Crippen LogP contribution in [0.5, 0.6) is 11.6 Å². The quantitative estimate of drug-likeness (QED) is 0.412. The normalized spacial score (nSPS) is 10.9. The SMILES string of the molecule is CC(C)c1c(C(=O)NCc2ccc(Oc3cccc(F)c3)nc2)cnn1-c1ccc(F)cc1. The van der Waals surface area contributed by atoms with Gasteiger partial charge in [-0.25, -0.2) is 18.4 Å². The molecule has 0 atom stereocenters. The highest BCUT2D eigenvalue weighted by atomic mass is 19.1. The van der Waals surface area contributed by atoms with Gasteiger partial charge in [0.15, 0.2) is 0 Å². The Bertz CT molecular complexity index is 1250. The third-order valence-electron chi connectivity index (χ3n) is 4.94. The first-order valence-electron chi connectivity index (χ1n) is 10.4. The zero-order valence-corrected chi connectivity index (χ0v) is 18.1. The number of nitrogens with zero attached hydrogens (tertiary/aromatic N) is 3. The van der Waals surface area contributed by atoms with E-state index in [9.17, 15) is 13.6 Å². The van der Waals surface area contributed by atoms with Gasteiger partial charge in [-0.3, -0.25) is 4.79 Å². The fourth-order valence-electron chi connectivity index (χ4n) is 3.38. The topological polar surface area (TPSA) is 69.0 Å². The highest BCUT2D eigenvalue weighted by Crippen LogP contribution is 2.24. The Morgan fingerprint density at radius 2 is 1.82 bits per heavy atom. The van der Waals surface area contributed by atoms with E-state index in [0.717, 1.165) is 11.3 Å². The lowest BCUT2D eigenvalue weighted by atomic mass is 10.0. The van der Waals surface area contributed by atoms with Crippen molar-refractivity contribution in [2.45, 2.75) is 26.3 Å². The highest BCUT2D eigenvalue weighted by molar-refractivity contribution is 5.95. The summed E-state index contributed by atoms with van der Waals surface area (Å²) in [6.45, 7) is 4.19. The number of amides is 1. The van der Waals surface area contributed by atoms with Crippen molar-refractivity contribution in [1.82, 2.24) is 20.1 Å². The molecular formula is C25H22F2N4O2. The van der Waals surface area contributed by atoms with Crippen molar-refractivity contribution in [1.29, 1.82) is 0 Å². The number of carbonyl (C=O) groups is 1. The van der Waals surface area contributed by atoms with Crippen molar-refractivity contribution >= 4 is 5.91 Å². The van der Waals surface area contributed by atoms with Crippen LogP contribution >= 0.6 is 0 Å². The van der Waals surface area contributed by atoms with Crippen LogP contribution in [0, 0.1) is 11.6 Å². The Hall–Kier alpha value is -4.07. The Kier molecular flexibility index (Phi) is 6.44. The smallest absolute Gasteiger partial charge is 0.255 e. The van der Waals surface area contributed by atoms with Crippen LogP contribution in [0.15, 0.2) is 73.1 Å². The van der Waals surface area contributed by atoms with Gasteiger partial charge < -0.3 is 10.1 Å². The number of ether oxygens (including phenoxy) is 1. The third kappa shape index (κ3) is 5.23. The lowest BCUT2D eigenvalue weighted by Crippen LogP contribution is -2.24. The predicted octanol–water partition coefficient (Wildman–Crippen LogP) is 5.39. The van der Waals surface area contributed by atoms with Gasteiger partial charge in [-0.2, -0.15) is 5.10 Å². The van der Waals surface area contributed by atoms with Crippen molar-refractivity contribution in [3.05, 3.63) is 102 Å². The third-order valence-corrected chi connectivity index (χ3v) is 4.94. The molecule has 0 saturated carbocycles. The van der Waals surface area contributed by atoms with Gasteiger partial charge in [-0.05, 0) is 47.9 Å². The predicted molar refractivity (Wildman–Crippen MR) is 119 cm³/mol. The molecule has 2 aromatic carbocycles. The van der Waals surface area contributed by atoms with Gasteiger partial charge in [0.05, 0.1) is 23.1 Å². The van der Waals surface area contributed by atoms with E-state index in [1.165, 1.54) is 30.5 Å². The van der Waals surface area contributed by atoms with Crippen LogP contribution in [-0.4, -0.2) is 20.7 Å². The van der Waals surface area contributed by atoms with Crippen LogP contribution in [-0.2, 0) is 6.54 Å². The average molecular weight is 448 g/mol. The maximum absolute atomic E-state index is 13.3. The lowest BCUT2D eigenvalue weighted by molar-refractivity contribution is 0.0949. The fraction of sp³-hybridized carbons (Fsp3) is 0.160. The monoisotopic (exact) mass is 448 g/mol. The number of carbonyl (C=O) groups excluding carboxylic acids is 1. The first kappa shape index (κ1) is 22.1. The Morgan fingerprint density at radius 1 is 1.03 bits per heavy atom. The number of aromatic nitrogens is 3. The zero-order valence-electron chi connectivity index (χ0n) is 18.1. The maximum Gasteiger partial charge on any atom is 0.255 e. The molecule has 33 heavy (non-hydrogen) atoms. The number of hydrogen-bond acceptors (Lipinski definition) is 4. The molecule has 0 aliphatic carbocycles. The van der Waals surface area contributed by atoms with Crippen molar-refractivity contribution in [2.24, 2.45) is 0 Å². The summed E-state index contributed by atoms with van der Waals surface area (Å²) >= 11 is 0. The number of pyridine rings is 1. The lowest BCUT2D eigenvalue weighted by Gasteiger charge is -2.13. The number of rotatable bonds is 7. The molecule has 0 spiro atoms. The molecule has 6 nitrogen and oxygen atoms in total. The number of nitrogens with one attached hydrogen (secondary N) is 1. The van der Waals surface area contributed by atoms with Crippen molar-refractivity contribution < 1.29 is 18.3 Å². The number of hydrogen-bond donors (Lipinski definition) is 1. The van der Waals surface area contributed by atoms with Gasteiger partial charge in [0.1, 0.15) is 17.4 Å². The van der Waals surface area contributed by atoms with Crippen LogP contribution in [0.3, 0.4) is 0 Å². The molecule has 4 aromatic rings. The molecule has 8 heteroatoms. The molecule has 4 rings (SSSR count). The molecule has 168 valence electrons. The minimum atomic E-state index is -0.393. The molecule has 0 saturated heterocycles. The van der Waals surface area contributed by atoms with Crippen molar-refractivity contribution in [3.8, 4) is 17.3 Å². The summed E-state index contributed by atoms with van der Waals surface area (Å²) in [5, 5.41) is 7.23. The minimum absolute atomic E-state index is 0.0132. The van der Waals surface area contributed by atoms with Crippen LogP contribution < -0.4 is 10.1 Å². The van der Waals surface area contributed by atoms with E-state index >= 15 is 0 Å². The van der Waals surface area contributed by atoms with Gasteiger partial charge in [-0.1, -0.05) is 26.0 Å². The van der Waals surface area contributed by atoms with Gasteiger partial charge in [-0.15, -0.1) is 0 Å². The fourth-order valence-corrected chi connectivity index (χ4v) is 3.38. The summed E-state index contributed by atoms with van der Waals surface area (Å²) in [4.78, 5) is 17.1. The summed E-state index contributed by atoms with van der Waals surface area (Å²) < 4.78 is 33.7. The summed E-state index contributed by atoms with van der Waals surface area (Å²) in [5.41, 5.74) is 2.63. The Labute approximate surface area is 189 Å². The number of benzene rings is 2. The van der Waals surface area contributed by atoms with Gasteiger partial charge in [0.25, 0.3) is 5.91 Å². The van der Waals surface area contributed by atoms with Gasteiger partial charge in [0, 0.05) is 24.9 Å². The average Bonchev–Trinajstić information content (AvgIpc) is 3.25. The molecule has 0 aliphatic rings. The standard InChI is InChI=1S/C25H22F2N4O2/c1-16(2)24-22(15-30-31(24)20-9-7-18(26)8-10-20)25(32)29-14-17-6-11-23(28-13-17)33-21-5-3-4-19(27)12-21/h3-13,15-16H,14H2,1-2H3,(H,29,32). The molecule has 2 aromatic heterocycles. The Morgan fingerprint density at radius 3 is 2.48 bits per heavy atom. The molecule has 0 bridgehead atoms. The van der Waals surface area contributed by atoms with E-state index in [4.69, 9.17) is 4.74 Å². The van der Waals surface area contributed by atoms with E-state index in [1.54, 1.807) is 47.3 Å². The van der Waals surface area contributed by atoms with E-state index in [-0.39, 0.29) is 24.2 Å². The van der Waals surface area contributed by atoms with Crippen molar-refractivity contribution in [3.63, 3.8) is 0 Å². The molecule has 0 radical (unpaired) electrons. The molecule has 0 unspecified atom stereocenters. The zero-order chi connectivity index (χ0) is 23.4. The first-order valence-corrected chi connectivity index (χ1v) is 10.4. The Balaban J connectivity index is 1.44. The minimum Gasteiger partial charge on any atom is -0.439 e. The number of halogens is 2. The second-order valence-electron chi connectivity index (χ2n) is 7.73. The molecule has 0 fully saturated rings. The summed E-state index contributed by atoms with van der Waals surface area (Å²) in [7, 11) is 0. The molecule has 1 amide bonds. The highest BCUT2D eigenvalue weighted by Gasteiger charge is 2.21.